The second kappa shape index (κ2) is 10.3. The molecule has 0 bridgehead atoms. The van der Waals surface area contributed by atoms with Crippen molar-refractivity contribution in [3.05, 3.63) is 29.8 Å². The molecule has 5 heteroatoms. The number of benzene rings is 1. The van der Waals surface area contributed by atoms with Crippen molar-refractivity contribution in [1.29, 1.82) is 0 Å². The normalized spacial score (nSPS) is 24.2. The molecule has 32 heavy (non-hydrogen) atoms. The molecule has 1 N–H and O–H groups in total. The molecule has 4 rings (SSSR count). The highest BCUT2D eigenvalue weighted by atomic mass is 16.5. The quantitative estimate of drug-likeness (QED) is 0.677. The fraction of sp³-hybridized carbons (Fsp3) is 0.704. The Morgan fingerprint density at radius 2 is 1.62 bits per heavy atom. The molecule has 2 aliphatic heterocycles. The van der Waals surface area contributed by atoms with Gasteiger partial charge < -0.3 is 15.0 Å². The topological polar surface area (TPSA) is 58.6 Å². The first-order chi connectivity index (χ1) is 15.5. The molecule has 0 radical (unpaired) electrons. The van der Waals surface area contributed by atoms with Gasteiger partial charge in [-0.05, 0) is 56.6 Å². The molecule has 176 valence electrons. The summed E-state index contributed by atoms with van der Waals surface area (Å²) in [6.45, 7) is 4.59. The van der Waals surface area contributed by atoms with E-state index < -0.39 is 0 Å². The maximum absolute atomic E-state index is 13.3. The van der Waals surface area contributed by atoms with Gasteiger partial charge in [-0.25, -0.2) is 0 Å². The minimum atomic E-state index is -0.342. The number of carbonyl (C=O) groups is 2. The van der Waals surface area contributed by atoms with E-state index in [0.29, 0.717) is 32.1 Å². The smallest absolute Gasteiger partial charge is 0.228 e. The fourth-order valence-electron chi connectivity index (χ4n) is 5.98. The predicted molar refractivity (Wildman–Crippen MR) is 127 cm³/mol. The van der Waals surface area contributed by atoms with Crippen LogP contribution in [-0.4, -0.2) is 43.0 Å². The molecule has 1 spiro atoms. The number of carbonyl (C=O) groups excluding carboxylic acids is 2. The standard InChI is InChI=1S/C27H40N2O3/c1-26(13-7-3-8-14-26)25(31)29-19-16-27(17-20-29)15-9-2-4-10-22-11-5-6-12-23(22)32-21-18-28-24(27)30/h5-6,11-12H,2-4,7-10,13-21H2,1H3,(H,28,30). The van der Waals surface area contributed by atoms with E-state index in [1.165, 1.54) is 12.0 Å². The first-order valence-electron chi connectivity index (χ1n) is 12.8. The maximum Gasteiger partial charge on any atom is 0.228 e. The Bertz CT molecular complexity index is 792. The number of ether oxygens (including phenoxy) is 1. The third-order valence-corrected chi connectivity index (χ3v) is 8.18. The summed E-state index contributed by atoms with van der Waals surface area (Å²) in [6, 6.07) is 8.25. The Balaban J connectivity index is 1.38. The number of nitrogens with one attached hydrogen (secondary N) is 1. The fourth-order valence-corrected chi connectivity index (χ4v) is 5.98. The molecule has 1 saturated heterocycles. The van der Waals surface area contributed by atoms with Gasteiger partial charge in [0.05, 0.1) is 12.0 Å². The summed E-state index contributed by atoms with van der Waals surface area (Å²) >= 11 is 0. The lowest BCUT2D eigenvalue weighted by molar-refractivity contribution is -0.149. The van der Waals surface area contributed by atoms with E-state index >= 15 is 0 Å². The molecule has 2 amide bonds. The summed E-state index contributed by atoms with van der Waals surface area (Å²) < 4.78 is 5.98. The zero-order chi connectivity index (χ0) is 22.4. The van der Waals surface area contributed by atoms with Crippen molar-refractivity contribution < 1.29 is 14.3 Å². The van der Waals surface area contributed by atoms with Crippen molar-refractivity contribution in [3.63, 3.8) is 0 Å². The third-order valence-electron chi connectivity index (χ3n) is 8.18. The highest BCUT2D eigenvalue weighted by Crippen LogP contribution is 2.41. The van der Waals surface area contributed by atoms with Gasteiger partial charge >= 0.3 is 0 Å². The third kappa shape index (κ3) is 5.13. The molecule has 1 aromatic rings. The Hall–Kier alpha value is -2.04. The zero-order valence-corrected chi connectivity index (χ0v) is 19.8. The van der Waals surface area contributed by atoms with Gasteiger partial charge in [0, 0.05) is 18.5 Å². The largest absolute Gasteiger partial charge is 0.491 e. The van der Waals surface area contributed by atoms with Crippen molar-refractivity contribution >= 4 is 11.8 Å². The van der Waals surface area contributed by atoms with E-state index in [9.17, 15) is 9.59 Å². The highest BCUT2D eigenvalue weighted by molar-refractivity contribution is 5.85. The number of rotatable bonds is 1. The number of nitrogens with zero attached hydrogens (tertiary/aromatic N) is 1. The van der Waals surface area contributed by atoms with Crippen LogP contribution in [0.4, 0.5) is 0 Å². The average molecular weight is 441 g/mol. The van der Waals surface area contributed by atoms with Crippen molar-refractivity contribution in [2.24, 2.45) is 10.8 Å². The highest BCUT2D eigenvalue weighted by Gasteiger charge is 2.44. The Morgan fingerprint density at radius 3 is 2.41 bits per heavy atom. The van der Waals surface area contributed by atoms with Crippen molar-refractivity contribution in [3.8, 4) is 5.75 Å². The van der Waals surface area contributed by atoms with Crippen LogP contribution < -0.4 is 10.1 Å². The average Bonchev–Trinajstić information content (AvgIpc) is 2.83. The SMILES string of the molecule is CC1(C(=O)N2CCC3(CCCCCc4ccccc4OCCNC3=O)CC2)CCCCC1. The minimum Gasteiger partial charge on any atom is -0.491 e. The van der Waals surface area contributed by atoms with E-state index in [4.69, 9.17) is 4.74 Å². The minimum absolute atomic E-state index is 0.157. The van der Waals surface area contributed by atoms with Crippen LogP contribution in [0.15, 0.2) is 24.3 Å². The van der Waals surface area contributed by atoms with Gasteiger partial charge in [0.1, 0.15) is 12.4 Å². The van der Waals surface area contributed by atoms with Crippen LogP contribution in [0.2, 0.25) is 0 Å². The van der Waals surface area contributed by atoms with Crippen molar-refractivity contribution in [2.75, 3.05) is 26.2 Å². The van der Waals surface area contributed by atoms with Crippen LogP contribution in [0.3, 0.4) is 0 Å². The van der Waals surface area contributed by atoms with Crippen LogP contribution in [0, 0.1) is 10.8 Å². The second-order valence-electron chi connectivity index (χ2n) is 10.5. The molecular weight excluding hydrogens is 400 g/mol. The van der Waals surface area contributed by atoms with Crippen LogP contribution >= 0.6 is 0 Å². The Kier molecular flexibility index (Phi) is 7.42. The first kappa shape index (κ1) is 23.1. The summed E-state index contributed by atoms with van der Waals surface area (Å²) in [4.78, 5) is 28.7. The summed E-state index contributed by atoms with van der Waals surface area (Å²) in [5.74, 6) is 1.42. The molecule has 2 fully saturated rings. The Morgan fingerprint density at radius 1 is 0.938 bits per heavy atom. The number of para-hydroxylation sites is 1. The van der Waals surface area contributed by atoms with Gasteiger partial charge in [0.25, 0.3) is 0 Å². The van der Waals surface area contributed by atoms with E-state index in [-0.39, 0.29) is 16.7 Å². The van der Waals surface area contributed by atoms with Gasteiger partial charge in [-0.15, -0.1) is 0 Å². The maximum atomic E-state index is 13.3. The van der Waals surface area contributed by atoms with Gasteiger partial charge in [-0.1, -0.05) is 57.2 Å². The molecule has 1 aromatic carbocycles. The van der Waals surface area contributed by atoms with E-state index in [2.05, 4.69) is 29.3 Å². The number of fused-ring (bicyclic) bond motifs is 1. The number of aryl methyl sites for hydroxylation is 1. The monoisotopic (exact) mass is 440 g/mol. The van der Waals surface area contributed by atoms with E-state index in [1.807, 2.05) is 12.1 Å². The first-order valence-corrected chi connectivity index (χ1v) is 12.8. The van der Waals surface area contributed by atoms with Crippen LogP contribution in [0.1, 0.15) is 83.1 Å². The molecule has 0 unspecified atom stereocenters. The molecule has 0 atom stereocenters. The number of piperidine rings is 1. The van der Waals surface area contributed by atoms with Gasteiger partial charge in [0.2, 0.25) is 11.8 Å². The summed E-state index contributed by atoms with van der Waals surface area (Å²) in [5, 5.41) is 3.16. The molecule has 0 aromatic heterocycles. The molecule has 5 nitrogen and oxygen atoms in total. The number of likely N-dealkylation sites (tertiary alicyclic amines) is 1. The van der Waals surface area contributed by atoms with Crippen LogP contribution in [-0.2, 0) is 16.0 Å². The van der Waals surface area contributed by atoms with Crippen LogP contribution in [0.5, 0.6) is 5.75 Å². The molecular formula is C27H40N2O3. The Labute approximate surface area is 193 Å². The number of hydrogen-bond donors (Lipinski definition) is 1. The lowest BCUT2D eigenvalue weighted by atomic mass is 9.71. The molecule has 3 aliphatic rings. The zero-order valence-electron chi connectivity index (χ0n) is 19.8. The second-order valence-corrected chi connectivity index (χ2v) is 10.5. The summed E-state index contributed by atoms with van der Waals surface area (Å²) in [7, 11) is 0. The van der Waals surface area contributed by atoms with E-state index in [0.717, 1.165) is 76.4 Å². The lowest BCUT2D eigenvalue weighted by Crippen LogP contribution is -2.53. The molecule has 1 saturated carbocycles. The van der Waals surface area contributed by atoms with Crippen molar-refractivity contribution in [1.82, 2.24) is 10.2 Å². The van der Waals surface area contributed by atoms with Crippen LogP contribution in [0.25, 0.3) is 0 Å². The van der Waals surface area contributed by atoms with Gasteiger partial charge in [-0.2, -0.15) is 0 Å². The van der Waals surface area contributed by atoms with Crippen molar-refractivity contribution in [2.45, 2.75) is 84.0 Å². The molecule has 1 aliphatic carbocycles. The summed E-state index contributed by atoms with van der Waals surface area (Å²) in [5.41, 5.74) is 0.726. The molecule has 2 heterocycles. The summed E-state index contributed by atoms with van der Waals surface area (Å²) in [6.07, 6.45) is 12.4. The lowest BCUT2D eigenvalue weighted by Gasteiger charge is -2.44. The van der Waals surface area contributed by atoms with E-state index in [1.54, 1.807) is 0 Å². The van der Waals surface area contributed by atoms with Gasteiger partial charge in [0.15, 0.2) is 0 Å². The predicted octanol–water partition coefficient (Wildman–Crippen LogP) is 4.88. The number of amides is 2. The van der Waals surface area contributed by atoms with Gasteiger partial charge in [-0.3, -0.25) is 9.59 Å². The number of hydrogen-bond acceptors (Lipinski definition) is 3.